The number of rotatable bonds is 5. The molecule has 1 aliphatic rings. The van der Waals surface area contributed by atoms with Crippen LogP contribution in [0.2, 0.25) is 0 Å². The topological polar surface area (TPSA) is 67.2 Å². The first-order chi connectivity index (χ1) is 13.1. The molecule has 1 saturated heterocycles. The van der Waals surface area contributed by atoms with Crippen molar-refractivity contribution in [2.24, 2.45) is 0 Å². The molecule has 3 aromatic rings. The molecule has 6 nitrogen and oxygen atoms in total. The Morgan fingerprint density at radius 3 is 2.81 bits per heavy atom. The molecular formula is C21H22N4O2. The summed E-state index contributed by atoms with van der Waals surface area (Å²) in [5.74, 6) is -0.0462. The SMILES string of the molecule is Cc1ccnn1CC(=O)N[C@H]1CC(=O)N(Cc2cccc3ccccc23)C1. The maximum Gasteiger partial charge on any atom is 0.242 e. The smallest absolute Gasteiger partial charge is 0.242 e. The number of carbonyl (C=O) groups is 2. The number of amides is 2. The van der Waals surface area contributed by atoms with E-state index in [0.717, 1.165) is 16.6 Å². The van der Waals surface area contributed by atoms with Gasteiger partial charge in [-0.05, 0) is 29.3 Å². The molecule has 2 amide bonds. The quantitative estimate of drug-likeness (QED) is 0.757. The van der Waals surface area contributed by atoms with Crippen LogP contribution in [0.5, 0.6) is 0 Å². The highest BCUT2D eigenvalue weighted by atomic mass is 16.2. The standard InChI is InChI=1S/C21H22N4O2/c1-15-9-10-22-25(15)14-20(26)23-18-11-21(27)24(13-18)12-17-7-4-6-16-5-2-3-8-19(16)17/h2-10,18H,11-14H2,1H3,(H,23,26)/t18-/m0/s1. The average molecular weight is 362 g/mol. The van der Waals surface area contributed by atoms with E-state index in [1.165, 1.54) is 5.39 Å². The second-order valence-electron chi connectivity index (χ2n) is 7.01. The molecule has 2 aromatic carbocycles. The van der Waals surface area contributed by atoms with Gasteiger partial charge < -0.3 is 10.2 Å². The van der Waals surface area contributed by atoms with Crippen molar-refractivity contribution >= 4 is 22.6 Å². The van der Waals surface area contributed by atoms with Crippen molar-refractivity contribution < 1.29 is 9.59 Å². The summed E-state index contributed by atoms with van der Waals surface area (Å²) in [6.45, 7) is 3.18. The second-order valence-corrected chi connectivity index (χ2v) is 7.01. The number of fused-ring (bicyclic) bond motifs is 1. The van der Waals surface area contributed by atoms with Crippen LogP contribution in [0.1, 0.15) is 17.7 Å². The summed E-state index contributed by atoms with van der Waals surface area (Å²) >= 11 is 0. The molecular weight excluding hydrogens is 340 g/mol. The zero-order chi connectivity index (χ0) is 18.8. The molecule has 1 aromatic heterocycles. The van der Waals surface area contributed by atoms with Crippen LogP contribution in [0, 0.1) is 6.92 Å². The Bertz CT molecular complexity index is 989. The van der Waals surface area contributed by atoms with Gasteiger partial charge in [0.05, 0.1) is 6.04 Å². The normalized spacial score (nSPS) is 16.9. The van der Waals surface area contributed by atoms with E-state index in [9.17, 15) is 9.59 Å². The van der Waals surface area contributed by atoms with Gasteiger partial charge >= 0.3 is 0 Å². The monoisotopic (exact) mass is 362 g/mol. The third-order valence-corrected chi connectivity index (χ3v) is 5.04. The van der Waals surface area contributed by atoms with E-state index in [-0.39, 0.29) is 24.4 Å². The van der Waals surface area contributed by atoms with Gasteiger partial charge in [-0.2, -0.15) is 5.10 Å². The summed E-state index contributed by atoms with van der Waals surface area (Å²) in [6.07, 6.45) is 2.02. The number of likely N-dealkylation sites (tertiary alicyclic amines) is 1. The van der Waals surface area contributed by atoms with Crippen molar-refractivity contribution in [2.75, 3.05) is 6.54 Å². The number of benzene rings is 2. The van der Waals surface area contributed by atoms with Crippen LogP contribution in [-0.4, -0.2) is 39.1 Å². The molecule has 1 aliphatic heterocycles. The van der Waals surface area contributed by atoms with E-state index >= 15 is 0 Å². The lowest BCUT2D eigenvalue weighted by Crippen LogP contribution is -2.39. The van der Waals surface area contributed by atoms with E-state index in [0.29, 0.717) is 19.5 Å². The predicted molar refractivity (Wildman–Crippen MR) is 103 cm³/mol. The number of nitrogens with one attached hydrogen (secondary N) is 1. The van der Waals surface area contributed by atoms with Gasteiger partial charge in [0, 0.05) is 31.4 Å². The van der Waals surface area contributed by atoms with Crippen molar-refractivity contribution in [2.45, 2.75) is 32.5 Å². The van der Waals surface area contributed by atoms with Crippen molar-refractivity contribution in [1.82, 2.24) is 20.0 Å². The van der Waals surface area contributed by atoms with Gasteiger partial charge in [-0.15, -0.1) is 0 Å². The van der Waals surface area contributed by atoms with Crippen LogP contribution in [-0.2, 0) is 22.7 Å². The Morgan fingerprint density at radius 1 is 1.19 bits per heavy atom. The molecule has 138 valence electrons. The fourth-order valence-electron chi connectivity index (χ4n) is 3.63. The minimum absolute atomic E-state index is 0.0727. The van der Waals surface area contributed by atoms with E-state index in [2.05, 4.69) is 34.7 Å². The maximum atomic E-state index is 12.4. The van der Waals surface area contributed by atoms with Crippen molar-refractivity contribution in [3.8, 4) is 0 Å². The summed E-state index contributed by atoms with van der Waals surface area (Å²) in [7, 11) is 0. The highest BCUT2D eigenvalue weighted by Crippen LogP contribution is 2.22. The predicted octanol–water partition coefficient (Wildman–Crippen LogP) is 2.26. The van der Waals surface area contributed by atoms with Crippen LogP contribution >= 0.6 is 0 Å². The molecule has 0 unspecified atom stereocenters. The van der Waals surface area contributed by atoms with Gasteiger partial charge in [-0.1, -0.05) is 42.5 Å². The number of hydrogen-bond donors (Lipinski definition) is 1. The zero-order valence-corrected chi connectivity index (χ0v) is 15.3. The molecule has 6 heteroatoms. The first kappa shape index (κ1) is 17.3. The lowest BCUT2D eigenvalue weighted by Gasteiger charge is -2.18. The van der Waals surface area contributed by atoms with Gasteiger partial charge in [0.2, 0.25) is 11.8 Å². The molecule has 1 atom stereocenters. The van der Waals surface area contributed by atoms with E-state index in [4.69, 9.17) is 0 Å². The summed E-state index contributed by atoms with van der Waals surface area (Å²) in [4.78, 5) is 26.5. The Kier molecular flexibility index (Phi) is 4.62. The molecule has 0 bridgehead atoms. The number of aryl methyl sites for hydroxylation is 1. The van der Waals surface area contributed by atoms with Crippen LogP contribution in [0.3, 0.4) is 0 Å². The summed E-state index contributed by atoms with van der Waals surface area (Å²) in [5, 5.41) is 9.42. The van der Waals surface area contributed by atoms with Crippen LogP contribution in [0.4, 0.5) is 0 Å². The van der Waals surface area contributed by atoms with Crippen LogP contribution in [0.15, 0.2) is 54.7 Å². The van der Waals surface area contributed by atoms with Crippen molar-refractivity contribution in [1.29, 1.82) is 0 Å². The van der Waals surface area contributed by atoms with Gasteiger partial charge in [0.15, 0.2) is 0 Å². The lowest BCUT2D eigenvalue weighted by atomic mass is 10.0. The number of nitrogens with zero attached hydrogens (tertiary/aromatic N) is 3. The lowest BCUT2D eigenvalue weighted by molar-refractivity contribution is -0.128. The zero-order valence-electron chi connectivity index (χ0n) is 15.3. The van der Waals surface area contributed by atoms with E-state index in [1.807, 2.05) is 36.1 Å². The third kappa shape index (κ3) is 3.69. The van der Waals surface area contributed by atoms with Crippen molar-refractivity contribution in [3.05, 3.63) is 66.0 Å². The summed E-state index contributed by atoms with van der Waals surface area (Å²) in [6, 6.07) is 16.0. The highest BCUT2D eigenvalue weighted by Gasteiger charge is 2.30. The van der Waals surface area contributed by atoms with E-state index < -0.39 is 0 Å². The fourth-order valence-corrected chi connectivity index (χ4v) is 3.63. The molecule has 27 heavy (non-hydrogen) atoms. The Hall–Kier alpha value is -3.15. The Balaban J connectivity index is 1.40. The van der Waals surface area contributed by atoms with Crippen LogP contribution < -0.4 is 5.32 Å². The third-order valence-electron chi connectivity index (χ3n) is 5.04. The first-order valence-corrected chi connectivity index (χ1v) is 9.12. The molecule has 1 N–H and O–H groups in total. The minimum Gasteiger partial charge on any atom is -0.349 e. The van der Waals surface area contributed by atoms with Gasteiger partial charge in [-0.25, -0.2) is 0 Å². The molecule has 0 spiro atoms. The first-order valence-electron chi connectivity index (χ1n) is 9.12. The Labute approximate surface area is 157 Å². The van der Waals surface area contributed by atoms with Gasteiger partial charge in [-0.3, -0.25) is 14.3 Å². The molecule has 0 radical (unpaired) electrons. The fraction of sp³-hybridized carbons (Fsp3) is 0.286. The summed E-state index contributed by atoms with van der Waals surface area (Å²) < 4.78 is 1.65. The van der Waals surface area contributed by atoms with Gasteiger partial charge in [0.1, 0.15) is 6.54 Å². The minimum atomic E-state index is -0.157. The second kappa shape index (κ2) is 7.23. The number of hydrogen-bond acceptors (Lipinski definition) is 3. The largest absolute Gasteiger partial charge is 0.349 e. The molecule has 2 heterocycles. The van der Waals surface area contributed by atoms with Gasteiger partial charge in [0.25, 0.3) is 0 Å². The average Bonchev–Trinajstić information content (AvgIpc) is 3.20. The van der Waals surface area contributed by atoms with Crippen LogP contribution in [0.25, 0.3) is 10.8 Å². The number of carbonyl (C=O) groups excluding carboxylic acids is 2. The molecule has 1 fully saturated rings. The molecule has 0 saturated carbocycles. The molecule has 0 aliphatic carbocycles. The highest BCUT2D eigenvalue weighted by molar-refractivity contribution is 5.87. The summed E-state index contributed by atoms with van der Waals surface area (Å²) in [5.41, 5.74) is 2.06. The van der Waals surface area contributed by atoms with Crippen molar-refractivity contribution in [3.63, 3.8) is 0 Å². The maximum absolute atomic E-state index is 12.4. The Morgan fingerprint density at radius 2 is 2.00 bits per heavy atom. The van der Waals surface area contributed by atoms with E-state index in [1.54, 1.807) is 10.9 Å². The number of aromatic nitrogens is 2. The molecule has 4 rings (SSSR count).